The molecule has 0 aliphatic heterocycles. The van der Waals surface area contributed by atoms with Gasteiger partial charge in [0.05, 0.1) is 4.92 Å². The summed E-state index contributed by atoms with van der Waals surface area (Å²) in [5, 5.41) is 21.6. The van der Waals surface area contributed by atoms with E-state index in [1.807, 2.05) is 19.9 Å². The van der Waals surface area contributed by atoms with Gasteiger partial charge in [-0.2, -0.15) is 0 Å². The molecule has 1 aromatic heterocycles. The molecule has 0 aliphatic rings. The van der Waals surface area contributed by atoms with Crippen LogP contribution >= 0.6 is 11.8 Å². The Hall–Kier alpha value is -2.09. The number of aromatic nitrogens is 3. The number of benzene rings is 1. The van der Waals surface area contributed by atoms with Gasteiger partial charge >= 0.3 is 0 Å². The molecule has 1 heterocycles. The quantitative estimate of drug-likeness (QED) is 0.483. The second-order valence-electron chi connectivity index (χ2n) is 4.09. The summed E-state index contributed by atoms with van der Waals surface area (Å²) in [7, 11) is 0. The predicted octanol–water partition coefficient (Wildman–Crippen LogP) is 2.75. The highest BCUT2D eigenvalue weighted by molar-refractivity contribution is 7.98. The van der Waals surface area contributed by atoms with Crippen molar-refractivity contribution in [2.45, 2.75) is 24.8 Å². The largest absolute Gasteiger partial charge is 0.380 e. The zero-order valence-corrected chi connectivity index (χ0v) is 12.0. The van der Waals surface area contributed by atoms with E-state index in [0.29, 0.717) is 23.1 Å². The minimum Gasteiger partial charge on any atom is -0.380 e. The van der Waals surface area contributed by atoms with Crippen LogP contribution in [-0.2, 0) is 5.75 Å². The molecule has 2 rings (SSSR count). The number of aryl methyl sites for hydroxylation is 1. The first-order valence-electron chi connectivity index (χ1n) is 6.13. The van der Waals surface area contributed by atoms with Crippen molar-refractivity contribution < 1.29 is 4.92 Å². The summed E-state index contributed by atoms with van der Waals surface area (Å²) in [6, 6.07) is 5.07. The molecule has 0 atom stereocenters. The van der Waals surface area contributed by atoms with Crippen LogP contribution < -0.4 is 5.32 Å². The lowest BCUT2D eigenvalue weighted by atomic mass is 10.1. The molecule has 2 N–H and O–H groups in total. The van der Waals surface area contributed by atoms with E-state index in [1.54, 1.807) is 6.07 Å². The van der Waals surface area contributed by atoms with Gasteiger partial charge < -0.3 is 5.32 Å². The molecule has 8 heteroatoms. The molecule has 0 bridgehead atoms. The Morgan fingerprint density at radius 2 is 2.30 bits per heavy atom. The molecule has 0 spiro atoms. The summed E-state index contributed by atoms with van der Waals surface area (Å²) in [5.41, 5.74) is 1.53. The molecule has 0 unspecified atom stereocenters. The molecular weight excluding hydrogens is 278 g/mol. The maximum Gasteiger partial charge on any atom is 0.292 e. The van der Waals surface area contributed by atoms with Crippen molar-refractivity contribution in [3.63, 3.8) is 0 Å². The van der Waals surface area contributed by atoms with Crippen molar-refractivity contribution in [1.29, 1.82) is 0 Å². The van der Waals surface area contributed by atoms with Crippen LogP contribution in [0.2, 0.25) is 0 Å². The maximum absolute atomic E-state index is 11.1. The average Bonchev–Trinajstić information content (AvgIpc) is 2.83. The Bertz CT molecular complexity index is 614. The smallest absolute Gasteiger partial charge is 0.292 e. The van der Waals surface area contributed by atoms with Gasteiger partial charge in [0.2, 0.25) is 5.16 Å². The van der Waals surface area contributed by atoms with Crippen molar-refractivity contribution in [1.82, 2.24) is 15.2 Å². The van der Waals surface area contributed by atoms with Crippen LogP contribution in [-0.4, -0.2) is 26.6 Å². The number of nitrogens with one attached hydrogen (secondary N) is 2. The first-order valence-corrected chi connectivity index (χ1v) is 7.12. The highest BCUT2D eigenvalue weighted by Crippen LogP contribution is 2.32. The topological polar surface area (TPSA) is 96.7 Å². The van der Waals surface area contributed by atoms with Gasteiger partial charge in [0.25, 0.3) is 5.69 Å². The Kier molecular flexibility index (Phi) is 4.57. The SMILES string of the molecule is CCNc1c(CSc2n[nH]c(C)n2)cccc1[N+](=O)[O-]. The van der Waals surface area contributed by atoms with Crippen LogP contribution in [0.15, 0.2) is 23.4 Å². The number of H-pyrrole nitrogens is 1. The third-order valence-electron chi connectivity index (χ3n) is 2.61. The molecule has 0 saturated carbocycles. The van der Waals surface area contributed by atoms with Crippen LogP contribution in [0.1, 0.15) is 18.3 Å². The number of rotatable bonds is 6. The number of nitro groups is 1. The van der Waals surface area contributed by atoms with Crippen LogP contribution in [0.3, 0.4) is 0 Å². The first kappa shape index (κ1) is 14.3. The number of anilines is 1. The Balaban J connectivity index is 2.21. The second kappa shape index (κ2) is 6.38. The molecular formula is C12H15N5O2S. The van der Waals surface area contributed by atoms with E-state index in [4.69, 9.17) is 0 Å². The van der Waals surface area contributed by atoms with Crippen LogP contribution in [0.25, 0.3) is 0 Å². The number of nitrogens with zero attached hydrogens (tertiary/aromatic N) is 3. The number of nitro benzene ring substituents is 1. The molecule has 7 nitrogen and oxygen atoms in total. The molecule has 0 radical (unpaired) electrons. The molecule has 0 amide bonds. The maximum atomic E-state index is 11.1. The minimum absolute atomic E-state index is 0.0936. The van der Waals surface area contributed by atoms with Crippen LogP contribution in [0.5, 0.6) is 0 Å². The zero-order chi connectivity index (χ0) is 14.5. The normalized spacial score (nSPS) is 10.5. The summed E-state index contributed by atoms with van der Waals surface area (Å²) < 4.78 is 0. The third kappa shape index (κ3) is 3.27. The Morgan fingerprint density at radius 3 is 2.90 bits per heavy atom. The Morgan fingerprint density at radius 1 is 1.50 bits per heavy atom. The van der Waals surface area contributed by atoms with Gasteiger partial charge in [0.1, 0.15) is 11.5 Å². The first-order chi connectivity index (χ1) is 9.61. The van der Waals surface area contributed by atoms with Gasteiger partial charge in [-0.05, 0) is 19.4 Å². The van der Waals surface area contributed by atoms with Crippen molar-refractivity contribution >= 4 is 23.1 Å². The molecule has 1 aromatic carbocycles. The summed E-state index contributed by atoms with van der Waals surface area (Å²) in [6.07, 6.45) is 0. The fourth-order valence-corrected chi connectivity index (χ4v) is 2.61. The van der Waals surface area contributed by atoms with E-state index in [2.05, 4.69) is 20.5 Å². The zero-order valence-electron chi connectivity index (χ0n) is 11.2. The number of hydrogen-bond acceptors (Lipinski definition) is 6. The summed E-state index contributed by atoms with van der Waals surface area (Å²) >= 11 is 1.44. The van der Waals surface area contributed by atoms with Crippen molar-refractivity contribution in [3.8, 4) is 0 Å². The van der Waals surface area contributed by atoms with Crippen molar-refractivity contribution in [3.05, 3.63) is 39.7 Å². The lowest BCUT2D eigenvalue weighted by Crippen LogP contribution is -2.04. The highest BCUT2D eigenvalue weighted by Gasteiger charge is 2.17. The van der Waals surface area contributed by atoms with E-state index in [9.17, 15) is 10.1 Å². The summed E-state index contributed by atoms with van der Waals surface area (Å²) in [5.74, 6) is 1.32. The second-order valence-corrected chi connectivity index (χ2v) is 5.03. The number of thioether (sulfide) groups is 1. The van der Waals surface area contributed by atoms with E-state index < -0.39 is 0 Å². The molecule has 106 valence electrons. The van der Waals surface area contributed by atoms with Gasteiger partial charge in [0, 0.05) is 18.4 Å². The van der Waals surface area contributed by atoms with E-state index >= 15 is 0 Å². The average molecular weight is 293 g/mol. The van der Waals surface area contributed by atoms with E-state index in [1.165, 1.54) is 17.8 Å². The predicted molar refractivity (Wildman–Crippen MR) is 77.9 cm³/mol. The van der Waals surface area contributed by atoms with Crippen LogP contribution in [0.4, 0.5) is 11.4 Å². The minimum atomic E-state index is -0.372. The number of para-hydroxylation sites is 1. The number of hydrogen-bond donors (Lipinski definition) is 2. The fraction of sp³-hybridized carbons (Fsp3) is 0.333. The van der Waals surface area contributed by atoms with Gasteiger partial charge in [-0.1, -0.05) is 23.9 Å². The van der Waals surface area contributed by atoms with Gasteiger partial charge in [0.15, 0.2) is 0 Å². The van der Waals surface area contributed by atoms with Gasteiger partial charge in [-0.15, -0.1) is 5.10 Å². The number of aromatic amines is 1. The van der Waals surface area contributed by atoms with Crippen molar-refractivity contribution in [2.75, 3.05) is 11.9 Å². The highest BCUT2D eigenvalue weighted by atomic mass is 32.2. The fourth-order valence-electron chi connectivity index (χ4n) is 1.77. The van der Waals surface area contributed by atoms with E-state index in [-0.39, 0.29) is 10.6 Å². The molecule has 2 aromatic rings. The van der Waals surface area contributed by atoms with Crippen molar-refractivity contribution in [2.24, 2.45) is 0 Å². The van der Waals surface area contributed by atoms with Gasteiger partial charge in [-0.3, -0.25) is 15.2 Å². The monoisotopic (exact) mass is 293 g/mol. The molecule has 20 heavy (non-hydrogen) atoms. The molecule has 0 aliphatic carbocycles. The van der Waals surface area contributed by atoms with E-state index in [0.717, 1.165) is 11.4 Å². The lowest BCUT2D eigenvalue weighted by molar-refractivity contribution is -0.384. The third-order valence-corrected chi connectivity index (χ3v) is 3.51. The van der Waals surface area contributed by atoms with Gasteiger partial charge in [-0.25, -0.2) is 4.98 Å². The molecule has 0 fully saturated rings. The summed E-state index contributed by atoms with van der Waals surface area (Å²) in [6.45, 7) is 4.36. The lowest BCUT2D eigenvalue weighted by Gasteiger charge is -2.10. The van der Waals surface area contributed by atoms with Crippen LogP contribution in [0, 0.1) is 17.0 Å². The molecule has 0 saturated heterocycles. The Labute approximate surface area is 120 Å². The summed E-state index contributed by atoms with van der Waals surface area (Å²) in [4.78, 5) is 14.9. The standard InChI is InChI=1S/C12H15N5O2S/c1-3-13-11-9(5-4-6-10(11)17(18)19)7-20-12-14-8(2)15-16-12/h4-6,13H,3,7H2,1-2H3,(H,14,15,16).